The molecule has 0 saturated carbocycles. The fourth-order valence-corrected chi connectivity index (χ4v) is 4.82. The molecule has 0 unspecified atom stereocenters. The molecule has 3 N–H and O–H groups in total. The number of aromatic nitrogens is 5. The molecule has 2 aromatic carbocycles. The van der Waals surface area contributed by atoms with Crippen molar-refractivity contribution >= 4 is 28.6 Å². The molecule has 4 aromatic heterocycles. The number of aryl methyl sites for hydroxylation is 1. The van der Waals surface area contributed by atoms with Gasteiger partial charge in [-0.2, -0.15) is 10.4 Å². The highest BCUT2D eigenvalue weighted by Gasteiger charge is 2.22. The summed E-state index contributed by atoms with van der Waals surface area (Å²) in [6.07, 6.45) is 10.3. The molecule has 220 valence electrons. The molecule has 0 fully saturated rings. The Morgan fingerprint density at radius 3 is 2.60 bits per heavy atom. The maximum Gasteiger partial charge on any atom is 0.258 e. The third-order valence-electron chi connectivity index (χ3n) is 7.40. The van der Waals surface area contributed by atoms with Gasteiger partial charge in [-0.1, -0.05) is 5.92 Å². The zero-order valence-electron chi connectivity index (χ0n) is 24.7. The van der Waals surface area contributed by atoms with Crippen LogP contribution in [0.5, 0.6) is 0 Å². The van der Waals surface area contributed by atoms with Gasteiger partial charge in [-0.3, -0.25) is 19.3 Å². The predicted molar refractivity (Wildman–Crippen MR) is 170 cm³/mol. The number of aromatic amines is 1. The van der Waals surface area contributed by atoms with Gasteiger partial charge in [-0.25, -0.2) is 9.37 Å². The molecule has 9 nitrogen and oxygen atoms in total. The third-order valence-corrected chi connectivity index (χ3v) is 7.40. The van der Waals surface area contributed by atoms with Crippen LogP contribution in [-0.2, 0) is 5.41 Å². The van der Waals surface area contributed by atoms with Crippen molar-refractivity contribution in [1.29, 1.82) is 5.26 Å². The van der Waals surface area contributed by atoms with E-state index in [1.165, 1.54) is 12.1 Å². The highest BCUT2D eigenvalue weighted by atomic mass is 19.1. The van der Waals surface area contributed by atoms with Crippen molar-refractivity contribution < 1.29 is 9.18 Å². The Kier molecular flexibility index (Phi) is 7.55. The Bertz CT molecular complexity index is 2150. The number of amides is 1. The van der Waals surface area contributed by atoms with E-state index in [0.717, 1.165) is 22.5 Å². The number of H-pyrrole nitrogens is 1. The second-order valence-electron chi connectivity index (χ2n) is 11.0. The predicted octanol–water partition coefficient (Wildman–Crippen LogP) is 6.76. The van der Waals surface area contributed by atoms with Gasteiger partial charge in [0.2, 0.25) is 0 Å². The Labute approximate surface area is 258 Å². The van der Waals surface area contributed by atoms with Gasteiger partial charge in [0.05, 0.1) is 40.8 Å². The smallest absolute Gasteiger partial charge is 0.258 e. The monoisotopic (exact) mass is 594 g/mol. The van der Waals surface area contributed by atoms with E-state index in [2.05, 4.69) is 48.7 Å². The van der Waals surface area contributed by atoms with Crippen LogP contribution in [-0.4, -0.2) is 30.5 Å². The number of rotatable bonds is 6. The first-order chi connectivity index (χ1) is 21.7. The number of pyridine rings is 2. The average molecular weight is 595 g/mol. The van der Waals surface area contributed by atoms with Crippen LogP contribution in [0, 0.1) is 35.9 Å². The van der Waals surface area contributed by atoms with Crippen LogP contribution in [0.15, 0.2) is 91.8 Å². The lowest BCUT2D eigenvalue weighted by atomic mass is 9.84. The van der Waals surface area contributed by atoms with Gasteiger partial charge >= 0.3 is 0 Å². The minimum Gasteiger partial charge on any atom is -0.350 e. The normalized spacial score (nSPS) is 11.0. The Hall–Kier alpha value is -6.26. The summed E-state index contributed by atoms with van der Waals surface area (Å²) in [5, 5.41) is 22.6. The highest BCUT2D eigenvalue weighted by molar-refractivity contribution is 6.05. The molecule has 0 aliphatic carbocycles. The Balaban J connectivity index is 1.31. The minimum atomic E-state index is -0.825. The van der Waals surface area contributed by atoms with E-state index in [4.69, 9.17) is 0 Å². The molecule has 6 aromatic rings. The molecule has 0 bridgehead atoms. The standard InChI is InChI=1S/C35H27FN8O/c1-22-13-31(36)30(34(45)43-27-15-25(23-8-10-38-11-9-23)14-26(17-27)35(2,3)21-37)16-24(22)6-7-29-20-39-33-32(5-4-12-44(29)33)42-28-18-40-41-19-28/h4-5,8-20,42H,1-3H3,(H,40,41)(H,43,45). The number of hydrogen-bond acceptors (Lipinski definition) is 6. The molecular weight excluding hydrogens is 567 g/mol. The largest absolute Gasteiger partial charge is 0.350 e. The summed E-state index contributed by atoms with van der Waals surface area (Å²) in [6.45, 7) is 5.34. The molecular formula is C35H27FN8O. The molecule has 0 spiro atoms. The van der Waals surface area contributed by atoms with Crippen LogP contribution in [0.25, 0.3) is 16.8 Å². The van der Waals surface area contributed by atoms with E-state index in [1.54, 1.807) is 63.9 Å². The summed E-state index contributed by atoms with van der Waals surface area (Å²) in [4.78, 5) is 22.0. The molecule has 4 heterocycles. The van der Waals surface area contributed by atoms with E-state index >= 15 is 4.39 Å². The number of anilines is 3. The maximum atomic E-state index is 15.2. The molecule has 0 aliphatic rings. The number of benzene rings is 2. The molecule has 0 radical (unpaired) electrons. The van der Waals surface area contributed by atoms with Crippen LogP contribution in [0.4, 0.5) is 21.5 Å². The van der Waals surface area contributed by atoms with Crippen LogP contribution >= 0.6 is 0 Å². The SMILES string of the molecule is Cc1cc(F)c(C(=O)Nc2cc(-c3ccncc3)cc(C(C)(C)C#N)c2)cc1C#Cc1cnc2c(Nc3cn[nH]c3)cccn12. The van der Waals surface area contributed by atoms with E-state index in [-0.39, 0.29) is 5.56 Å². The molecule has 45 heavy (non-hydrogen) atoms. The Morgan fingerprint density at radius 2 is 1.84 bits per heavy atom. The zero-order chi connectivity index (χ0) is 31.6. The van der Waals surface area contributed by atoms with Gasteiger partial charge in [-0.15, -0.1) is 0 Å². The first-order valence-electron chi connectivity index (χ1n) is 14.0. The van der Waals surface area contributed by atoms with E-state index in [9.17, 15) is 10.1 Å². The van der Waals surface area contributed by atoms with Crippen molar-refractivity contribution in [1.82, 2.24) is 24.6 Å². The van der Waals surface area contributed by atoms with Crippen LogP contribution in [0.2, 0.25) is 0 Å². The van der Waals surface area contributed by atoms with Crippen molar-refractivity contribution in [2.75, 3.05) is 10.6 Å². The summed E-state index contributed by atoms with van der Waals surface area (Å²) in [5.74, 6) is 4.91. The van der Waals surface area contributed by atoms with Crippen LogP contribution in [0.3, 0.4) is 0 Å². The second kappa shape index (κ2) is 11.8. The molecule has 0 atom stereocenters. The van der Waals surface area contributed by atoms with Crippen molar-refractivity contribution in [3.05, 3.63) is 126 Å². The fourth-order valence-electron chi connectivity index (χ4n) is 4.82. The van der Waals surface area contributed by atoms with Gasteiger partial charge in [0.25, 0.3) is 5.91 Å². The van der Waals surface area contributed by atoms with Gasteiger partial charge in [0, 0.05) is 36.0 Å². The van der Waals surface area contributed by atoms with Crippen molar-refractivity contribution in [3.8, 4) is 29.0 Å². The van der Waals surface area contributed by atoms with Gasteiger partial charge in [0.1, 0.15) is 11.5 Å². The minimum absolute atomic E-state index is 0.148. The highest BCUT2D eigenvalue weighted by Crippen LogP contribution is 2.32. The summed E-state index contributed by atoms with van der Waals surface area (Å²) < 4.78 is 17.0. The molecule has 0 aliphatic heterocycles. The van der Waals surface area contributed by atoms with Crippen LogP contribution in [0.1, 0.15) is 46.6 Å². The lowest BCUT2D eigenvalue weighted by Gasteiger charge is -2.19. The number of fused-ring (bicyclic) bond motifs is 1. The summed E-state index contributed by atoms with van der Waals surface area (Å²) in [7, 11) is 0. The molecule has 1 amide bonds. The number of nitriles is 1. The Morgan fingerprint density at radius 1 is 1.02 bits per heavy atom. The number of hydrogen-bond donors (Lipinski definition) is 3. The first-order valence-corrected chi connectivity index (χ1v) is 14.0. The average Bonchev–Trinajstić information content (AvgIpc) is 3.71. The molecule has 6 rings (SSSR count). The quantitative estimate of drug-likeness (QED) is 0.183. The fraction of sp³-hybridized carbons (Fsp3) is 0.114. The summed E-state index contributed by atoms with van der Waals surface area (Å²) in [6, 6.07) is 18.0. The van der Waals surface area contributed by atoms with Crippen molar-refractivity contribution in [2.45, 2.75) is 26.2 Å². The maximum absolute atomic E-state index is 15.2. The number of nitrogens with one attached hydrogen (secondary N) is 3. The molecule has 0 saturated heterocycles. The molecule has 10 heteroatoms. The third kappa shape index (κ3) is 5.99. The first kappa shape index (κ1) is 28.8. The van der Waals surface area contributed by atoms with Gasteiger partial charge in [-0.05, 0) is 104 Å². The topological polar surface area (TPSA) is 124 Å². The summed E-state index contributed by atoms with van der Waals surface area (Å²) >= 11 is 0. The zero-order valence-corrected chi connectivity index (χ0v) is 24.7. The van der Waals surface area contributed by atoms with Crippen molar-refractivity contribution in [2.24, 2.45) is 0 Å². The van der Waals surface area contributed by atoms with Crippen molar-refractivity contribution in [3.63, 3.8) is 0 Å². The number of halogens is 1. The number of imidazole rings is 1. The summed E-state index contributed by atoms with van der Waals surface area (Å²) in [5.41, 5.74) is 5.78. The van der Waals surface area contributed by atoms with Crippen LogP contribution < -0.4 is 10.6 Å². The number of carbonyl (C=O) groups is 1. The van der Waals surface area contributed by atoms with E-state index in [1.807, 2.05) is 40.9 Å². The van der Waals surface area contributed by atoms with E-state index in [0.29, 0.717) is 33.7 Å². The second-order valence-corrected chi connectivity index (χ2v) is 11.0. The number of carbonyl (C=O) groups excluding carboxylic acids is 1. The number of nitrogens with zero attached hydrogens (tertiary/aromatic N) is 5. The van der Waals surface area contributed by atoms with Gasteiger partial charge < -0.3 is 10.6 Å². The lowest BCUT2D eigenvalue weighted by molar-refractivity contribution is 0.102. The van der Waals surface area contributed by atoms with Gasteiger partial charge in [0.15, 0.2) is 5.65 Å². The lowest BCUT2D eigenvalue weighted by Crippen LogP contribution is -2.17. The van der Waals surface area contributed by atoms with E-state index < -0.39 is 17.1 Å².